The molecule has 0 aliphatic heterocycles. The number of amides is 1. The number of hydrogen-bond acceptors (Lipinski definition) is 4. The predicted molar refractivity (Wildman–Crippen MR) is 167 cm³/mol. The van der Waals surface area contributed by atoms with Gasteiger partial charge >= 0.3 is 12.1 Å². The number of carbonyl (C=O) groups excluding carboxylic acids is 1. The Bertz CT molecular complexity index is 1810. The second kappa shape index (κ2) is 13.7. The first-order valence-electron chi connectivity index (χ1n) is 13.7. The number of halogens is 4. The normalized spacial score (nSPS) is 11.8. The van der Waals surface area contributed by atoms with Gasteiger partial charge < -0.3 is 19.9 Å². The Morgan fingerprint density at radius 2 is 1.42 bits per heavy atom. The van der Waals surface area contributed by atoms with Crippen LogP contribution in [0.5, 0.6) is 23.0 Å². The molecular weight excluding hydrogens is 651 g/mol. The maximum absolute atomic E-state index is 13.3. The molecule has 0 aliphatic carbocycles. The summed E-state index contributed by atoms with van der Waals surface area (Å²) >= 11 is 3.28. The van der Waals surface area contributed by atoms with Crippen LogP contribution in [0.3, 0.4) is 0 Å². The number of nitrogens with one attached hydrogen (secondary N) is 1. The molecule has 1 amide bonds. The van der Waals surface area contributed by atoms with Crippen LogP contribution in [0.25, 0.3) is 11.1 Å². The number of ether oxygens (including phenoxy) is 2. The first-order chi connectivity index (χ1) is 21.6. The molecule has 0 unspecified atom stereocenters. The quantitative estimate of drug-likeness (QED) is 0.154. The predicted octanol–water partition coefficient (Wildman–Crippen LogP) is 9.15. The number of carboxylic acids is 1. The highest BCUT2D eigenvalue weighted by Gasteiger charge is 2.31. The van der Waals surface area contributed by atoms with E-state index in [0.717, 1.165) is 23.3 Å². The molecule has 0 saturated carbocycles. The first-order valence-corrected chi connectivity index (χ1v) is 14.5. The summed E-state index contributed by atoms with van der Waals surface area (Å²) in [4.78, 5) is 25.5. The highest BCUT2D eigenvalue weighted by molar-refractivity contribution is 9.10. The minimum Gasteiger partial charge on any atom is -0.480 e. The lowest BCUT2D eigenvalue weighted by Gasteiger charge is -2.17. The van der Waals surface area contributed by atoms with E-state index in [1.165, 1.54) is 24.3 Å². The van der Waals surface area contributed by atoms with E-state index in [1.54, 1.807) is 18.2 Å². The summed E-state index contributed by atoms with van der Waals surface area (Å²) in [6, 6.07) is 31.5. The molecule has 228 valence electrons. The molecule has 0 saturated heterocycles. The Morgan fingerprint density at radius 3 is 2.13 bits per heavy atom. The average Bonchev–Trinajstić information content (AvgIpc) is 3.02. The molecule has 10 heteroatoms. The summed E-state index contributed by atoms with van der Waals surface area (Å²) in [6.07, 6.45) is -4.60. The molecule has 0 fully saturated rings. The summed E-state index contributed by atoms with van der Waals surface area (Å²) < 4.78 is 51.8. The lowest BCUT2D eigenvalue weighted by Crippen LogP contribution is -2.42. The summed E-state index contributed by atoms with van der Waals surface area (Å²) in [7, 11) is 0. The van der Waals surface area contributed by atoms with Crippen LogP contribution in [0.1, 0.15) is 21.5 Å². The second-order valence-corrected chi connectivity index (χ2v) is 10.9. The molecule has 0 bridgehead atoms. The van der Waals surface area contributed by atoms with Gasteiger partial charge in [-0.15, -0.1) is 0 Å². The van der Waals surface area contributed by atoms with Crippen LogP contribution >= 0.6 is 15.9 Å². The Labute approximate surface area is 265 Å². The molecule has 0 aliphatic rings. The van der Waals surface area contributed by atoms with Crippen molar-refractivity contribution < 1.29 is 37.3 Å². The molecule has 6 nitrogen and oxygen atoms in total. The Morgan fingerprint density at radius 1 is 0.756 bits per heavy atom. The SMILES string of the molecule is O=C(N[C@@H](Cc1ccc(-c2ccccc2Oc2ccccc2)cc1)C(=O)O)c1cc(Br)ccc1Oc1cccc(C(F)(F)F)c1. The van der Waals surface area contributed by atoms with Gasteiger partial charge in [0.2, 0.25) is 0 Å². The second-order valence-electron chi connectivity index (χ2n) is 9.94. The molecule has 5 rings (SSSR count). The van der Waals surface area contributed by atoms with Gasteiger partial charge in [-0.3, -0.25) is 4.79 Å². The molecule has 0 aromatic heterocycles. The van der Waals surface area contributed by atoms with Gasteiger partial charge in [-0.1, -0.05) is 82.7 Å². The average molecular weight is 676 g/mol. The monoisotopic (exact) mass is 675 g/mol. The van der Waals surface area contributed by atoms with E-state index in [4.69, 9.17) is 9.47 Å². The number of alkyl halides is 3. The van der Waals surface area contributed by atoms with Gasteiger partial charge in [-0.25, -0.2) is 4.79 Å². The number of carboxylic acid groups (broad SMARTS) is 1. The fourth-order valence-electron chi connectivity index (χ4n) is 4.53. The van der Waals surface area contributed by atoms with Crippen molar-refractivity contribution in [3.05, 3.63) is 142 Å². The molecule has 0 spiro atoms. The van der Waals surface area contributed by atoms with Gasteiger partial charge in [-0.2, -0.15) is 13.2 Å². The van der Waals surface area contributed by atoms with Gasteiger partial charge in [0, 0.05) is 16.5 Å². The zero-order valence-corrected chi connectivity index (χ0v) is 25.0. The molecule has 0 radical (unpaired) electrons. The van der Waals surface area contributed by atoms with E-state index < -0.39 is 29.7 Å². The number of rotatable bonds is 10. The van der Waals surface area contributed by atoms with Gasteiger partial charge in [0.05, 0.1) is 11.1 Å². The maximum atomic E-state index is 13.3. The molecule has 45 heavy (non-hydrogen) atoms. The number of benzene rings is 5. The number of carbonyl (C=O) groups is 2. The first kappa shape index (κ1) is 31.3. The topological polar surface area (TPSA) is 84.9 Å². The van der Waals surface area contributed by atoms with Gasteiger partial charge in [0.1, 0.15) is 29.0 Å². The van der Waals surface area contributed by atoms with E-state index in [0.29, 0.717) is 21.5 Å². The molecule has 5 aromatic carbocycles. The lowest BCUT2D eigenvalue weighted by atomic mass is 9.99. The van der Waals surface area contributed by atoms with Crippen molar-refractivity contribution in [3.63, 3.8) is 0 Å². The van der Waals surface area contributed by atoms with Crippen LogP contribution < -0.4 is 14.8 Å². The van der Waals surface area contributed by atoms with Crippen LogP contribution in [-0.4, -0.2) is 23.0 Å². The summed E-state index contributed by atoms with van der Waals surface area (Å²) in [5.41, 5.74) is 1.39. The molecule has 1 atom stereocenters. The largest absolute Gasteiger partial charge is 0.480 e. The van der Waals surface area contributed by atoms with E-state index in [-0.39, 0.29) is 23.5 Å². The number of para-hydroxylation sites is 2. The van der Waals surface area contributed by atoms with E-state index in [9.17, 15) is 27.9 Å². The minimum atomic E-state index is -4.58. The van der Waals surface area contributed by atoms with Crippen LogP contribution in [0.2, 0.25) is 0 Å². The van der Waals surface area contributed by atoms with Crippen LogP contribution in [0.4, 0.5) is 13.2 Å². The van der Waals surface area contributed by atoms with Crippen molar-refractivity contribution in [1.29, 1.82) is 0 Å². The van der Waals surface area contributed by atoms with Crippen LogP contribution in [0.15, 0.2) is 126 Å². The third-order valence-electron chi connectivity index (χ3n) is 6.74. The van der Waals surface area contributed by atoms with Crippen molar-refractivity contribution in [2.45, 2.75) is 18.6 Å². The fraction of sp³-hybridized carbons (Fsp3) is 0.0857. The van der Waals surface area contributed by atoms with Crippen molar-refractivity contribution in [2.75, 3.05) is 0 Å². The van der Waals surface area contributed by atoms with Gasteiger partial charge in [0.15, 0.2) is 0 Å². The van der Waals surface area contributed by atoms with E-state index in [2.05, 4.69) is 21.2 Å². The summed E-state index contributed by atoms with van der Waals surface area (Å²) in [5.74, 6) is -0.856. The molecule has 5 aromatic rings. The minimum absolute atomic E-state index is 0.0265. The van der Waals surface area contributed by atoms with Gasteiger partial charge in [0.25, 0.3) is 5.91 Å². The third-order valence-corrected chi connectivity index (χ3v) is 7.23. The molecular formula is C35H25BrF3NO5. The zero-order chi connectivity index (χ0) is 32.0. The Hall–Kier alpha value is -5.09. The lowest BCUT2D eigenvalue weighted by molar-refractivity contribution is -0.139. The summed E-state index contributed by atoms with van der Waals surface area (Å²) in [6.45, 7) is 0. The van der Waals surface area contributed by atoms with Crippen molar-refractivity contribution in [3.8, 4) is 34.1 Å². The van der Waals surface area contributed by atoms with Crippen LogP contribution in [0, 0.1) is 0 Å². The fourth-order valence-corrected chi connectivity index (χ4v) is 4.89. The van der Waals surface area contributed by atoms with Crippen molar-refractivity contribution in [1.82, 2.24) is 5.32 Å². The van der Waals surface area contributed by atoms with Crippen molar-refractivity contribution in [2.24, 2.45) is 0 Å². The zero-order valence-electron chi connectivity index (χ0n) is 23.4. The third kappa shape index (κ3) is 8.10. The smallest absolute Gasteiger partial charge is 0.416 e. The summed E-state index contributed by atoms with van der Waals surface area (Å²) in [5, 5.41) is 12.4. The standard InChI is InChI=1S/C35H25BrF3NO5/c36-25-17-18-32(45-27-10-6-7-24(20-27)35(37,38)39)29(21-25)33(41)40-30(34(42)43)19-22-13-15-23(16-14-22)28-11-4-5-12-31(28)44-26-8-2-1-3-9-26/h1-18,20-21,30H,19H2,(H,40,41)(H,42,43)/t30-/m0/s1. The highest BCUT2D eigenvalue weighted by atomic mass is 79.9. The Kier molecular flexibility index (Phi) is 9.53. The van der Waals surface area contributed by atoms with Crippen molar-refractivity contribution >= 4 is 27.8 Å². The van der Waals surface area contributed by atoms with E-state index in [1.807, 2.05) is 66.7 Å². The van der Waals surface area contributed by atoms with Crippen LogP contribution in [-0.2, 0) is 17.4 Å². The molecule has 2 N–H and O–H groups in total. The number of aliphatic carboxylic acids is 1. The van der Waals surface area contributed by atoms with E-state index >= 15 is 0 Å². The molecule has 0 heterocycles. The highest BCUT2D eigenvalue weighted by Crippen LogP contribution is 2.35. The van der Waals surface area contributed by atoms with Gasteiger partial charge in [-0.05, 0) is 65.7 Å². The Balaban J connectivity index is 1.32. The number of hydrogen-bond donors (Lipinski definition) is 2. The maximum Gasteiger partial charge on any atom is 0.416 e.